The maximum Gasteiger partial charge on any atom is 0.253 e. The van der Waals surface area contributed by atoms with E-state index in [2.05, 4.69) is 0 Å². The second-order valence-corrected chi connectivity index (χ2v) is 11.5. The molecule has 3 atom stereocenters. The molecule has 9 heteroatoms. The van der Waals surface area contributed by atoms with E-state index in [0.29, 0.717) is 11.3 Å². The zero-order valence-corrected chi connectivity index (χ0v) is 22.9. The van der Waals surface area contributed by atoms with Crippen molar-refractivity contribution in [1.82, 2.24) is 9.21 Å². The molecular formula is C29H34N2O6S. The number of aliphatic hydroxyl groups is 1. The smallest absolute Gasteiger partial charge is 0.253 e. The minimum Gasteiger partial charge on any atom is -0.496 e. The molecule has 3 aromatic carbocycles. The third-order valence-electron chi connectivity index (χ3n) is 6.91. The molecule has 0 saturated carbocycles. The minimum absolute atomic E-state index is 0.0189. The van der Waals surface area contributed by atoms with Crippen molar-refractivity contribution in [1.29, 1.82) is 0 Å². The number of nitrogens with zero attached hydrogens (tertiary/aromatic N) is 2. The Balaban J connectivity index is 1.77. The number of para-hydroxylation sites is 1. The highest BCUT2D eigenvalue weighted by Gasteiger charge is 2.38. The fraction of sp³-hybridized carbons (Fsp3) is 0.345. The van der Waals surface area contributed by atoms with Crippen LogP contribution >= 0.6 is 0 Å². The van der Waals surface area contributed by atoms with Crippen molar-refractivity contribution in [3.63, 3.8) is 0 Å². The summed E-state index contributed by atoms with van der Waals surface area (Å²) in [5.74, 6) is 0.406. The third kappa shape index (κ3) is 5.55. The Kier molecular flexibility index (Phi) is 8.40. The first-order valence-electron chi connectivity index (χ1n) is 12.5. The van der Waals surface area contributed by atoms with Crippen molar-refractivity contribution in [3.8, 4) is 22.6 Å². The summed E-state index contributed by atoms with van der Waals surface area (Å²) in [6, 6.07) is 20.8. The van der Waals surface area contributed by atoms with Gasteiger partial charge in [0, 0.05) is 36.7 Å². The number of benzene rings is 3. The summed E-state index contributed by atoms with van der Waals surface area (Å²) in [5, 5.41) is 9.87. The average Bonchev–Trinajstić information content (AvgIpc) is 2.94. The summed E-state index contributed by atoms with van der Waals surface area (Å²) in [4.78, 5) is 14.7. The first-order chi connectivity index (χ1) is 18.2. The lowest BCUT2D eigenvalue weighted by molar-refractivity contribution is 0.0564. The molecule has 1 N–H and O–H groups in total. The molecule has 3 aromatic rings. The van der Waals surface area contributed by atoms with Gasteiger partial charge in [0.05, 0.1) is 20.3 Å². The number of hydrogen-bond acceptors (Lipinski definition) is 6. The number of methoxy groups -OCH3 is 1. The van der Waals surface area contributed by atoms with Crippen LogP contribution in [0.15, 0.2) is 77.7 Å². The number of hydrogen-bond donors (Lipinski definition) is 1. The van der Waals surface area contributed by atoms with Gasteiger partial charge in [-0.05, 0) is 42.8 Å². The zero-order chi connectivity index (χ0) is 27.4. The van der Waals surface area contributed by atoms with Gasteiger partial charge in [-0.2, -0.15) is 4.31 Å². The quantitative estimate of drug-likeness (QED) is 0.490. The Morgan fingerprint density at radius 2 is 1.82 bits per heavy atom. The van der Waals surface area contributed by atoms with Crippen molar-refractivity contribution in [2.45, 2.75) is 30.9 Å². The molecule has 0 bridgehead atoms. The van der Waals surface area contributed by atoms with Crippen LogP contribution in [-0.4, -0.2) is 74.6 Å². The molecule has 8 nitrogen and oxygen atoms in total. The lowest BCUT2D eigenvalue weighted by atomic mass is 10.0. The maximum atomic E-state index is 13.8. The number of likely N-dealkylation sites (N-methyl/N-ethyl adjacent to an activating group) is 1. The van der Waals surface area contributed by atoms with Gasteiger partial charge in [0.25, 0.3) is 5.91 Å². The van der Waals surface area contributed by atoms with Crippen LogP contribution in [0.2, 0.25) is 0 Å². The number of carbonyl (C=O) groups is 1. The maximum absolute atomic E-state index is 13.8. The lowest BCUT2D eigenvalue weighted by Gasteiger charge is -2.37. The molecular weight excluding hydrogens is 504 g/mol. The number of aliphatic hydroxyl groups excluding tert-OH is 1. The second-order valence-electron chi connectivity index (χ2n) is 9.65. The van der Waals surface area contributed by atoms with Crippen LogP contribution in [-0.2, 0) is 10.0 Å². The summed E-state index contributed by atoms with van der Waals surface area (Å²) < 4.78 is 40.8. The normalized spacial score (nSPS) is 19.8. The summed E-state index contributed by atoms with van der Waals surface area (Å²) in [6.45, 7) is 3.63. The lowest BCUT2D eigenvalue weighted by Crippen LogP contribution is -2.50. The number of carbonyl (C=O) groups excluding carboxylic acids is 1. The molecule has 1 aliphatic heterocycles. The van der Waals surface area contributed by atoms with E-state index < -0.39 is 22.2 Å². The Morgan fingerprint density at radius 1 is 1.13 bits per heavy atom. The van der Waals surface area contributed by atoms with Crippen molar-refractivity contribution >= 4 is 15.9 Å². The van der Waals surface area contributed by atoms with Crippen molar-refractivity contribution in [3.05, 3.63) is 78.4 Å². The van der Waals surface area contributed by atoms with Gasteiger partial charge in [0.1, 0.15) is 22.5 Å². The fourth-order valence-electron chi connectivity index (χ4n) is 4.65. The second kappa shape index (κ2) is 11.6. The largest absolute Gasteiger partial charge is 0.496 e. The van der Waals surface area contributed by atoms with E-state index in [1.165, 1.54) is 10.4 Å². The highest BCUT2D eigenvalue weighted by atomic mass is 32.2. The predicted molar refractivity (Wildman–Crippen MR) is 146 cm³/mol. The number of amides is 1. The van der Waals surface area contributed by atoms with Crippen LogP contribution in [0, 0.1) is 5.92 Å². The van der Waals surface area contributed by atoms with E-state index in [0.717, 1.165) is 11.1 Å². The highest BCUT2D eigenvalue weighted by molar-refractivity contribution is 7.89. The van der Waals surface area contributed by atoms with Gasteiger partial charge in [0.2, 0.25) is 10.0 Å². The Morgan fingerprint density at radius 3 is 2.50 bits per heavy atom. The summed E-state index contributed by atoms with van der Waals surface area (Å²) in [6.07, 6.45) is -0.511. The molecule has 0 aliphatic carbocycles. The molecule has 0 radical (unpaired) electrons. The molecule has 0 saturated heterocycles. The third-order valence-corrected chi connectivity index (χ3v) is 8.93. The molecule has 1 aliphatic rings. The van der Waals surface area contributed by atoms with Gasteiger partial charge in [-0.1, -0.05) is 49.4 Å². The van der Waals surface area contributed by atoms with Gasteiger partial charge < -0.3 is 19.5 Å². The molecule has 202 valence electrons. The summed E-state index contributed by atoms with van der Waals surface area (Å²) in [7, 11) is -0.684. The van der Waals surface area contributed by atoms with Crippen LogP contribution in [0.1, 0.15) is 24.2 Å². The van der Waals surface area contributed by atoms with E-state index in [1.54, 1.807) is 50.2 Å². The number of ether oxygens (including phenoxy) is 2. The predicted octanol–water partition coefficient (Wildman–Crippen LogP) is 3.90. The number of sulfonamides is 1. The van der Waals surface area contributed by atoms with Crippen molar-refractivity contribution < 1.29 is 27.8 Å². The minimum atomic E-state index is -3.98. The Hall–Kier alpha value is -3.40. The van der Waals surface area contributed by atoms with Crippen LogP contribution < -0.4 is 9.47 Å². The van der Waals surface area contributed by atoms with Crippen LogP contribution in [0.25, 0.3) is 11.1 Å². The van der Waals surface area contributed by atoms with E-state index in [4.69, 9.17) is 9.47 Å². The Bertz CT molecular complexity index is 1380. The fourth-order valence-corrected chi connectivity index (χ4v) is 6.47. The number of fused-ring (bicyclic) bond motifs is 1. The average molecular weight is 539 g/mol. The molecule has 38 heavy (non-hydrogen) atoms. The Labute approximate surface area is 224 Å². The monoisotopic (exact) mass is 538 g/mol. The molecule has 4 rings (SSSR count). The molecule has 1 heterocycles. The summed E-state index contributed by atoms with van der Waals surface area (Å²) in [5.41, 5.74) is 2.09. The molecule has 0 aromatic heterocycles. The number of rotatable bonds is 7. The van der Waals surface area contributed by atoms with Gasteiger partial charge in [-0.25, -0.2) is 8.42 Å². The van der Waals surface area contributed by atoms with Crippen molar-refractivity contribution in [2.75, 3.05) is 33.9 Å². The SMILES string of the molecule is COc1ccccc1-c1ccc2c(c1)O[C@@H](CN(C)C(=O)c1ccccc1)[C@@H](C)CN([C@@H](C)CO)S2(=O)=O. The topological polar surface area (TPSA) is 96.4 Å². The first-order valence-corrected chi connectivity index (χ1v) is 14.0. The molecule has 1 amide bonds. The van der Waals surface area contributed by atoms with Crippen molar-refractivity contribution in [2.24, 2.45) is 5.92 Å². The zero-order valence-electron chi connectivity index (χ0n) is 22.1. The van der Waals surface area contributed by atoms with Crippen LogP contribution in [0.4, 0.5) is 0 Å². The molecule has 0 fully saturated rings. The molecule has 0 unspecified atom stereocenters. The van der Waals surface area contributed by atoms with Gasteiger partial charge in [-0.15, -0.1) is 0 Å². The van der Waals surface area contributed by atoms with E-state index in [1.807, 2.05) is 49.4 Å². The standard InChI is InChI=1S/C29H34N2O6S/c1-20-17-31(21(2)19-32)38(34,35)28-15-14-23(24-12-8-9-13-25(24)36-4)16-26(28)37-27(20)18-30(3)29(33)22-10-6-5-7-11-22/h5-16,20-21,27,32H,17-19H2,1-4H3/t20-,21-,27-/m0/s1. The highest BCUT2D eigenvalue weighted by Crippen LogP contribution is 2.38. The van der Waals surface area contributed by atoms with Gasteiger partial charge in [0.15, 0.2) is 0 Å². The van der Waals surface area contributed by atoms with Crippen LogP contribution in [0.5, 0.6) is 11.5 Å². The first kappa shape index (κ1) is 27.6. The van der Waals surface area contributed by atoms with E-state index >= 15 is 0 Å². The van der Waals surface area contributed by atoms with E-state index in [9.17, 15) is 18.3 Å². The van der Waals surface area contributed by atoms with Gasteiger partial charge in [-0.3, -0.25) is 4.79 Å². The molecule has 0 spiro atoms. The summed E-state index contributed by atoms with van der Waals surface area (Å²) >= 11 is 0. The van der Waals surface area contributed by atoms with Crippen LogP contribution in [0.3, 0.4) is 0 Å². The van der Waals surface area contributed by atoms with E-state index in [-0.39, 0.29) is 42.2 Å². The van der Waals surface area contributed by atoms with Gasteiger partial charge >= 0.3 is 0 Å².